The molecule has 3 saturated heterocycles. The van der Waals surface area contributed by atoms with Crippen LogP contribution in [0.1, 0.15) is 95.2 Å². The first-order chi connectivity index (χ1) is 40.3. The third-order valence-electron chi connectivity index (χ3n) is 17.1. The van der Waals surface area contributed by atoms with Crippen molar-refractivity contribution in [2.75, 3.05) is 88.3 Å². The van der Waals surface area contributed by atoms with E-state index < -0.39 is 94.2 Å². The highest BCUT2D eigenvalue weighted by Crippen LogP contribution is 2.44. The third kappa shape index (κ3) is 13.7. The molecular formula is C62H76F3N9O11. The second-order valence-electron chi connectivity index (χ2n) is 24.3. The van der Waals surface area contributed by atoms with E-state index in [0.29, 0.717) is 62.4 Å². The summed E-state index contributed by atoms with van der Waals surface area (Å²) in [4.78, 5) is 110. The number of benzene rings is 4. The number of likely N-dealkylation sites (N-methyl/N-ethyl adjacent to an activating group) is 1. The van der Waals surface area contributed by atoms with Crippen LogP contribution in [0.4, 0.5) is 39.8 Å². The minimum Gasteiger partial charge on any atom is -0.465 e. The number of hydrogen-bond acceptors (Lipinski definition) is 12. The smallest absolute Gasteiger partial charge is 0.410 e. The van der Waals surface area contributed by atoms with E-state index in [4.69, 9.17) is 14.2 Å². The number of carboxylic acid groups (broad SMARTS) is 1. The minimum atomic E-state index is -1.56. The fourth-order valence-corrected chi connectivity index (χ4v) is 12.1. The molecule has 456 valence electrons. The van der Waals surface area contributed by atoms with Crippen molar-refractivity contribution in [3.05, 3.63) is 124 Å². The zero-order valence-electron chi connectivity index (χ0n) is 49.3. The molecule has 9 rings (SSSR count). The van der Waals surface area contributed by atoms with Gasteiger partial charge in [0.2, 0.25) is 23.6 Å². The monoisotopic (exact) mass is 1180 g/mol. The SMILES string of the molecule is C[C@@H]1COCCN1C[C@H]1CN(C(=O)O)[C@H](C)CN1CC(=O)N1C[C@](C)(C(=O)Nc2ccc3c(c2)[C@@H](C(=O)Nc2c(F)cccc2F)N(C(=O)[C@@H](NC(=O)[C@H](C)N(C)C(=O)OC(C)(C)C)C2CCOCC2)C3)c2ccc(Cc3ccc(F)cc3)cc21. The molecule has 0 aliphatic carbocycles. The molecule has 5 heterocycles. The summed E-state index contributed by atoms with van der Waals surface area (Å²) in [7, 11) is 1.40. The molecule has 7 atom stereocenters. The molecule has 0 aromatic heterocycles. The van der Waals surface area contributed by atoms with Crippen LogP contribution in [-0.2, 0) is 56.6 Å². The maximum absolute atomic E-state index is 15.3. The first-order valence-corrected chi connectivity index (χ1v) is 28.9. The number of nitrogens with one attached hydrogen (secondary N) is 3. The van der Waals surface area contributed by atoms with Gasteiger partial charge in [-0.15, -0.1) is 0 Å². The molecule has 3 fully saturated rings. The number of para-hydroxylation sites is 1. The first-order valence-electron chi connectivity index (χ1n) is 28.9. The van der Waals surface area contributed by atoms with Gasteiger partial charge in [-0.3, -0.25) is 38.7 Å². The third-order valence-corrected chi connectivity index (χ3v) is 17.1. The zero-order chi connectivity index (χ0) is 61.2. The number of ether oxygens (including phenoxy) is 3. The van der Waals surface area contributed by atoms with Crippen molar-refractivity contribution in [1.82, 2.24) is 29.8 Å². The number of fused-ring (bicyclic) bond motifs is 2. The molecule has 20 nitrogen and oxygen atoms in total. The maximum Gasteiger partial charge on any atom is 0.410 e. The van der Waals surface area contributed by atoms with Crippen molar-refractivity contribution in [2.45, 2.75) is 122 Å². The van der Waals surface area contributed by atoms with Crippen LogP contribution in [0.15, 0.2) is 78.9 Å². The van der Waals surface area contributed by atoms with Crippen molar-refractivity contribution >= 4 is 58.8 Å². The molecule has 0 saturated carbocycles. The van der Waals surface area contributed by atoms with E-state index in [0.717, 1.165) is 34.2 Å². The summed E-state index contributed by atoms with van der Waals surface area (Å²) >= 11 is 0. The number of rotatable bonds is 15. The number of amides is 7. The van der Waals surface area contributed by atoms with Crippen molar-refractivity contribution < 1.29 is 66.1 Å². The predicted octanol–water partition coefficient (Wildman–Crippen LogP) is 6.90. The van der Waals surface area contributed by atoms with Crippen molar-refractivity contribution in [1.29, 1.82) is 0 Å². The van der Waals surface area contributed by atoms with Gasteiger partial charge in [-0.05, 0) is 144 Å². The Bertz CT molecular complexity index is 3180. The molecule has 0 radical (unpaired) electrons. The molecule has 0 bridgehead atoms. The summed E-state index contributed by atoms with van der Waals surface area (Å²) in [6.45, 7) is 14.9. The van der Waals surface area contributed by atoms with Crippen LogP contribution < -0.4 is 20.9 Å². The minimum absolute atomic E-state index is 0.0665. The van der Waals surface area contributed by atoms with Crippen LogP contribution in [0.25, 0.3) is 0 Å². The highest BCUT2D eigenvalue weighted by Gasteiger charge is 2.49. The average Bonchev–Trinajstić information content (AvgIpc) is 2.26. The number of halogens is 3. The lowest BCUT2D eigenvalue weighted by atomic mass is 9.82. The second kappa shape index (κ2) is 25.5. The van der Waals surface area contributed by atoms with E-state index in [9.17, 15) is 28.7 Å². The largest absolute Gasteiger partial charge is 0.465 e. The van der Waals surface area contributed by atoms with Crippen LogP contribution in [0.5, 0.6) is 0 Å². The highest BCUT2D eigenvalue weighted by molar-refractivity contribution is 6.07. The normalized spacial score (nSPS) is 22.6. The molecule has 23 heteroatoms. The highest BCUT2D eigenvalue weighted by atomic mass is 19.1. The lowest BCUT2D eigenvalue weighted by molar-refractivity contribution is -0.144. The molecule has 4 aromatic carbocycles. The average molecular weight is 1180 g/mol. The van der Waals surface area contributed by atoms with E-state index in [-0.39, 0.29) is 81.0 Å². The lowest BCUT2D eigenvalue weighted by Crippen LogP contribution is -2.64. The van der Waals surface area contributed by atoms with Gasteiger partial charge in [0.25, 0.3) is 5.91 Å². The number of morpholine rings is 1. The Balaban J connectivity index is 1.02. The maximum atomic E-state index is 15.3. The van der Waals surface area contributed by atoms with Gasteiger partial charge in [0, 0.05) is 89.0 Å². The molecule has 0 unspecified atom stereocenters. The predicted molar refractivity (Wildman–Crippen MR) is 309 cm³/mol. The molecule has 4 aromatic rings. The van der Waals surface area contributed by atoms with Crippen LogP contribution in [0, 0.1) is 23.4 Å². The zero-order valence-corrected chi connectivity index (χ0v) is 49.3. The Morgan fingerprint density at radius 3 is 2.20 bits per heavy atom. The molecule has 4 N–H and O–H groups in total. The van der Waals surface area contributed by atoms with Gasteiger partial charge in [0.1, 0.15) is 46.9 Å². The second-order valence-corrected chi connectivity index (χ2v) is 24.3. The summed E-state index contributed by atoms with van der Waals surface area (Å²) in [5.41, 5.74) is 0.433. The molecule has 7 amide bonds. The quantitative estimate of drug-likeness (QED) is 0.0953. The van der Waals surface area contributed by atoms with Gasteiger partial charge >= 0.3 is 12.2 Å². The van der Waals surface area contributed by atoms with Crippen molar-refractivity contribution in [3.63, 3.8) is 0 Å². The van der Waals surface area contributed by atoms with Gasteiger partial charge in [-0.25, -0.2) is 22.8 Å². The van der Waals surface area contributed by atoms with Crippen LogP contribution >= 0.6 is 0 Å². The first kappa shape index (κ1) is 61.9. The Morgan fingerprint density at radius 1 is 0.835 bits per heavy atom. The number of carbonyl (C=O) groups excluding carboxylic acids is 6. The molecule has 5 aliphatic rings. The van der Waals surface area contributed by atoms with Gasteiger partial charge in [-0.2, -0.15) is 0 Å². The molecule has 85 heavy (non-hydrogen) atoms. The molecular weight excluding hydrogens is 1100 g/mol. The van der Waals surface area contributed by atoms with E-state index in [1.807, 2.05) is 24.0 Å². The summed E-state index contributed by atoms with van der Waals surface area (Å²) in [6, 6.07) is 14.8. The number of carbonyl (C=O) groups is 7. The topological polar surface area (TPSA) is 223 Å². The summed E-state index contributed by atoms with van der Waals surface area (Å²) in [5.74, 6) is -6.25. The van der Waals surface area contributed by atoms with Crippen molar-refractivity contribution in [2.24, 2.45) is 5.92 Å². The molecule has 5 aliphatic heterocycles. The van der Waals surface area contributed by atoms with E-state index in [2.05, 4.69) is 20.9 Å². The van der Waals surface area contributed by atoms with Gasteiger partial charge in [-0.1, -0.05) is 36.4 Å². The Morgan fingerprint density at radius 2 is 1.53 bits per heavy atom. The van der Waals surface area contributed by atoms with Gasteiger partial charge in [0.15, 0.2) is 0 Å². The Kier molecular flexibility index (Phi) is 18.6. The molecule has 0 spiro atoms. The van der Waals surface area contributed by atoms with Crippen molar-refractivity contribution in [3.8, 4) is 0 Å². The Labute approximate surface area is 492 Å². The Hall–Kier alpha value is -7.60. The van der Waals surface area contributed by atoms with E-state index in [1.165, 1.54) is 42.0 Å². The van der Waals surface area contributed by atoms with Gasteiger partial charge < -0.3 is 50.0 Å². The number of nitrogens with zero attached hydrogens (tertiary/aromatic N) is 6. The van der Waals surface area contributed by atoms with Crippen LogP contribution in [-0.4, -0.2) is 180 Å². The fourth-order valence-electron chi connectivity index (χ4n) is 12.1. The standard InChI is InChI=1S/C62H76F3N9O11/c1-36-29-71(45(32-72(36)59(80)81)31-70-22-25-84-34-37(70)2)33-51(75)74-35-62(7,47-19-14-40(27-50(47)74)26-39-12-16-43(63)17-13-39)58(79)66-44-18-15-42-30-73(54(46(42)28-44)56(77)68-53-48(64)10-9-11-49(53)65)57(78)52(41-20-23-83-24-21-41)67-55(76)38(3)69(8)60(82)85-61(4,5)6/h9-19,27-28,36-38,41,45,52,54H,20-26,29-35H2,1-8H3,(H,66,79)(H,67,76)(H,68,77)(H,80,81)/t36-,37-,38+,45+,52+,54+,62+/m1/s1. The number of anilines is 3. The van der Waals surface area contributed by atoms with E-state index >= 15 is 23.2 Å². The summed E-state index contributed by atoms with van der Waals surface area (Å²) in [6.07, 6.45) is -0.747. The van der Waals surface area contributed by atoms with Crippen LogP contribution in [0.3, 0.4) is 0 Å². The number of piperazine rings is 1. The number of hydrogen-bond donors (Lipinski definition) is 4. The van der Waals surface area contributed by atoms with E-state index in [1.54, 1.807) is 69.9 Å². The van der Waals surface area contributed by atoms with Gasteiger partial charge in [0.05, 0.1) is 25.2 Å². The lowest BCUT2D eigenvalue weighted by Gasteiger charge is -2.47. The summed E-state index contributed by atoms with van der Waals surface area (Å²) < 4.78 is 61.4. The fraction of sp³-hybridized carbons (Fsp3) is 0.500. The van der Waals surface area contributed by atoms with Crippen LogP contribution in [0.2, 0.25) is 0 Å². The summed E-state index contributed by atoms with van der Waals surface area (Å²) in [5, 5.41) is 18.4.